The fourth-order valence-corrected chi connectivity index (χ4v) is 4.74. The Morgan fingerprint density at radius 3 is 2.55 bits per heavy atom. The molecule has 3 aromatic rings. The van der Waals surface area contributed by atoms with E-state index in [1.54, 1.807) is 9.80 Å². The summed E-state index contributed by atoms with van der Waals surface area (Å²) in [6.07, 6.45) is 2.41. The first-order valence-electron chi connectivity index (χ1n) is 10.3. The van der Waals surface area contributed by atoms with Gasteiger partial charge in [0.05, 0.1) is 11.7 Å². The van der Waals surface area contributed by atoms with Crippen molar-refractivity contribution >= 4 is 33.5 Å². The Bertz CT molecular complexity index is 1170. The lowest BCUT2D eigenvalue weighted by Crippen LogP contribution is -2.40. The Morgan fingerprint density at radius 1 is 1.10 bits per heavy atom. The lowest BCUT2D eigenvalue weighted by Gasteiger charge is -2.21. The van der Waals surface area contributed by atoms with Gasteiger partial charge in [-0.05, 0) is 18.9 Å². The number of nitrogens with zero attached hydrogens (tertiary/aromatic N) is 4. The summed E-state index contributed by atoms with van der Waals surface area (Å²) in [6.45, 7) is 4.31. The van der Waals surface area contributed by atoms with E-state index in [-0.39, 0.29) is 24.4 Å². The quantitative estimate of drug-likeness (QED) is 0.675. The number of aromatic nitrogens is 2. The lowest BCUT2D eigenvalue weighted by atomic mass is 10.1. The number of rotatable bonds is 4. The number of nitrogens with two attached hydrogens (primary N) is 1. The van der Waals surface area contributed by atoms with Crippen molar-refractivity contribution in [2.45, 2.75) is 26.3 Å². The lowest BCUT2D eigenvalue weighted by molar-refractivity contribution is -0.131. The monoisotopic (exact) mass is 439 g/mol. The molecule has 31 heavy (non-hydrogen) atoms. The SMILES string of the molecule is Cc1ccc(-c2csc3ncn(CCC(=O)N4CCCN(C(N)=O)CC4)c(=O)c23)cc1. The smallest absolute Gasteiger partial charge is 0.314 e. The predicted octanol–water partition coefficient (Wildman–Crippen LogP) is 2.44. The van der Waals surface area contributed by atoms with Gasteiger partial charge in [0.2, 0.25) is 5.91 Å². The van der Waals surface area contributed by atoms with Crippen molar-refractivity contribution in [2.75, 3.05) is 26.2 Å². The number of aryl methyl sites for hydroxylation is 2. The third-order valence-electron chi connectivity index (χ3n) is 5.65. The van der Waals surface area contributed by atoms with Gasteiger partial charge in [-0.15, -0.1) is 11.3 Å². The summed E-state index contributed by atoms with van der Waals surface area (Å²) < 4.78 is 1.51. The molecular formula is C22H25N5O3S. The number of amides is 3. The van der Waals surface area contributed by atoms with Crippen LogP contribution in [-0.4, -0.2) is 57.5 Å². The Labute approximate surface area is 183 Å². The van der Waals surface area contributed by atoms with Crippen molar-refractivity contribution < 1.29 is 9.59 Å². The van der Waals surface area contributed by atoms with Crippen molar-refractivity contribution in [2.24, 2.45) is 5.73 Å². The van der Waals surface area contributed by atoms with Gasteiger partial charge in [0.1, 0.15) is 4.83 Å². The molecule has 162 valence electrons. The first-order valence-corrected chi connectivity index (χ1v) is 11.2. The molecule has 0 radical (unpaired) electrons. The number of carbonyl (C=O) groups excluding carboxylic acids is 2. The Balaban J connectivity index is 1.50. The number of hydrogen-bond acceptors (Lipinski definition) is 5. The molecule has 0 unspecified atom stereocenters. The highest BCUT2D eigenvalue weighted by Gasteiger charge is 2.21. The summed E-state index contributed by atoms with van der Waals surface area (Å²) in [5, 5.41) is 2.55. The van der Waals surface area contributed by atoms with Crippen LogP contribution in [0.4, 0.5) is 4.79 Å². The molecule has 0 aliphatic carbocycles. The minimum Gasteiger partial charge on any atom is -0.351 e. The van der Waals surface area contributed by atoms with Crippen molar-refractivity contribution in [3.63, 3.8) is 0 Å². The van der Waals surface area contributed by atoms with E-state index < -0.39 is 6.03 Å². The van der Waals surface area contributed by atoms with Crippen molar-refractivity contribution in [1.29, 1.82) is 0 Å². The standard InChI is InChI=1S/C22H25N5O3S/c1-15-3-5-16(6-4-15)17-13-31-20-19(17)21(29)27(14-24-20)10-7-18(28)25-8-2-9-26(12-11-25)22(23)30/h3-6,13-14H,2,7-12H2,1H3,(H2,23,30). The van der Waals surface area contributed by atoms with Gasteiger partial charge in [-0.1, -0.05) is 29.8 Å². The zero-order chi connectivity index (χ0) is 22.0. The summed E-state index contributed by atoms with van der Waals surface area (Å²) in [7, 11) is 0. The number of thiophene rings is 1. The summed E-state index contributed by atoms with van der Waals surface area (Å²) in [5.41, 5.74) is 8.22. The number of benzene rings is 1. The largest absolute Gasteiger partial charge is 0.351 e. The van der Waals surface area contributed by atoms with Crippen LogP contribution in [0.5, 0.6) is 0 Å². The molecule has 1 aliphatic heterocycles. The van der Waals surface area contributed by atoms with Gasteiger partial charge in [-0.25, -0.2) is 9.78 Å². The maximum atomic E-state index is 13.2. The van der Waals surface area contributed by atoms with Gasteiger partial charge in [-0.2, -0.15) is 0 Å². The molecule has 4 rings (SSSR count). The zero-order valence-corrected chi connectivity index (χ0v) is 18.2. The molecule has 1 aromatic carbocycles. The van der Waals surface area contributed by atoms with Crippen LogP contribution < -0.4 is 11.3 Å². The molecule has 1 fully saturated rings. The fraction of sp³-hybridized carbons (Fsp3) is 0.364. The van der Waals surface area contributed by atoms with E-state index in [9.17, 15) is 14.4 Å². The number of hydrogen-bond donors (Lipinski definition) is 1. The van der Waals surface area contributed by atoms with Gasteiger partial charge in [0, 0.05) is 50.1 Å². The van der Waals surface area contributed by atoms with E-state index in [1.807, 2.05) is 36.6 Å². The summed E-state index contributed by atoms with van der Waals surface area (Å²) in [4.78, 5) is 45.7. The van der Waals surface area contributed by atoms with E-state index in [1.165, 1.54) is 22.2 Å². The second kappa shape index (κ2) is 8.89. The van der Waals surface area contributed by atoms with E-state index in [4.69, 9.17) is 5.73 Å². The molecule has 1 aliphatic rings. The molecule has 9 heteroatoms. The molecule has 0 saturated carbocycles. The third-order valence-corrected chi connectivity index (χ3v) is 6.54. The molecule has 1 saturated heterocycles. The first-order chi connectivity index (χ1) is 14.9. The summed E-state index contributed by atoms with van der Waals surface area (Å²) >= 11 is 1.45. The van der Waals surface area contributed by atoms with E-state index >= 15 is 0 Å². The van der Waals surface area contributed by atoms with Crippen molar-refractivity contribution in [1.82, 2.24) is 19.4 Å². The van der Waals surface area contributed by atoms with E-state index in [2.05, 4.69) is 4.98 Å². The van der Waals surface area contributed by atoms with Crippen LogP contribution in [0, 0.1) is 6.92 Å². The molecule has 3 amide bonds. The normalized spacial score (nSPS) is 14.6. The molecule has 8 nitrogen and oxygen atoms in total. The Kier molecular flexibility index (Phi) is 6.03. The van der Waals surface area contributed by atoms with Crippen LogP contribution >= 0.6 is 11.3 Å². The van der Waals surface area contributed by atoms with Crippen LogP contribution in [-0.2, 0) is 11.3 Å². The average molecular weight is 440 g/mol. The third kappa shape index (κ3) is 4.46. The number of urea groups is 1. The van der Waals surface area contributed by atoms with Crippen molar-refractivity contribution in [3.8, 4) is 11.1 Å². The van der Waals surface area contributed by atoms with Gasteiger partial charge in [0.25, 0.3) is 5.56 Å². The number of fused-ring (bicyclic) bond motifs is 1. The molecule has 3 heterocycles. The maximum Gasteiger partial charge on any atom is 0.314 e. The second-order valence-electron chi connectivity index (χ2n) is 7.75. The van der Waals surface area contributed by atoms with Crippen LogP contribution in [0.3, 0.4) is 0 Å². The van der Waals surface area contributed by atoms with Gasteiger partial charge < -0.3 is 15.5 Å². The van der Waals surface area contributed by atoms with Crippen LogP contribution in [0.2, 0.25) is 0 Å². The average Bonchev–Trinajstić information content (AvgIpc) is 3.03. The maximum absolute atomic E-state index is 13.2. The van der Waals surface area contributed by atoms with E-state index in [0.717, 1.165) is 16.7 Å². The number of carbonyl (C=O) groups is 2. The van der Waals surface area contributed by atoms with Crippen LogP contribution in [0.25, 0.3) is 21.3 Å². The van der Waals surface area contributed by atoms with Gasteiger partial charge in [-0.3, -0.25) is 14.2 Å². The van der Waals surface area contributed by atoms with E-state index in [0.29, 0.717) is 42.8 Å². The van der Waals surface area contributed by atoms with Crippen molar-refractivity contribution in [3.05, 3.63) is 51.9 Å². The minimum absolute atomic E-state index is 0.0394. The van der Waals surface area contributed by atoms with Crippen LogP contribution in [0.15, 0.2) is 40.8 Å². The minimum atomic E-state index is -0.458. The molecular weight excluding hydrogens is 414 g/mol. The fourth-order valence-electron chi connectivity index (χ4n) is 3.83. The Morgan fingerprint density at radius 2 is 1.81 bits per heavy atom. The molecule has 0 bridgehead atoms. The summed E-state index contributed by atoms with van der Waals surface area (Å²) in [5.74, 6) is -0.0394. The zero-order valence-electron chi connectivity index (χ0n) is 17.4. The Hall–Kier alpha value is -3.20. The highest BCUT2D eigenvalue weighted by atomic mass is 32.1. The predicted molar refractivity (Wildman–Crippen MR) is 121 cm³/mol. The molecule has 2 aromatic heterocycles. The summed E-state index contributed by atoms with van der Waals surface area (Å²) in [6, 6.07) is 7.60. The first kappa shape index (κ1) is 21.0. The number of primary amides is 1. The highest BCUT2D eigenvalue weighted by molar-refractivity contribution is 7.17. The van der Waals surface area contributed by atoms with Crippen LogP contribution in [0.1, 0.15) is 18.4 Å². The molecule has 0 atom stereocenters. The second-order valence-corrected chi connectivity index (χ2v) is 8.61. The molecule has 2 N–H and O–H groups in total. The highest BCUT2D eigenvalue weighted by Crippen LogP contribution is 2.30. The van der Waals surface area contributed by atoms with Gasteiger partial charge in [0.15, 0.2) is 0 Å². The molecule has 0 spiro atoms. The topological polar surface area (TPSA) is 102 Å². The van der Waals surface area contributed by atoms with Gasteiger partial charge >= 0.3 is 6.03 Å².